The second kappa shape index (κ2) is 6.54. The van der Waals surface area contributed by atoms with Gasteiger partial charge < -0.3 is 14.6 Å². The Bertz CT molecular complexity index is 296. The molecule has 0 aliphatic heterocycles. The molecule has 0 spiro atoms. The molecule has 5 heteroatoms. The highest BCUT2D eigenvalue weighted by atomic mass is 16.5. The highest BCUT2D eigenvalue weighted by Gasteiger charge is 2.45. The van der Waals surface area contributed by atoms with Crippen LogP contribution in [0.3, 0.4) is 0 Å². The predicted molar refractivity (Wildman–Crippen MR) is 66.8 cm³/mol. The van der Waals surface area contributed by atoms with Gasteiger partial charge in [0.25, 0.3) is 0 Å². The third-order valence-corrected chi connectivity index (χ3v) is 2.94. The van der Waals surface area contributed by atoms with E-state index in [1.807, 2.05) is 0 Å². The Hall–Kier alpha value is -1.36. The van der Waals surface area contributed by atoms with Crippen LogP contribution in [0.2, 0.25) is 0 Å². The van der Waals surface area contributed by atoms with Gasteiger partial charge in [0.1, 0.15) is 13.2 Å². The van der Waals surface area contributed by atoms with Crippen LogP contribution in [-0.2, 0) is 19.1 Å². The molecule has 0 amide bonds. The molecule has 0 fully saturated rings. The summed E-state index contributed by atoms with van der Waals surface area (Å²) in [5.41, 5.74) is -2.09. The molecule has 104 valence electrons. The van der Waals surface area contributed by atoms with Crippen molar-refractivity contribution in [3.05, 3.63) is 12.7 Å². The van der Waals surface area contributed by atoms with Crippen molar-refractivity contribution in [2.45, 2.75) is 39.7 Å². The zero-order valence-electron chi connectivity index (χ0n) is 11.5. The molecule has 0 aliphatic carbocycles. The quantitative estimate of drug-likeness (QED) is 0.552. The zero-order chi connectivity index (χ0) is 14.4. The number of hydrogen-bond donors (Lipinski definition) is 1. The molecule has 0 rings (SSSR count). The van der Waals surface area contributed by atoms with E-state index in [0.717, 1.165) is 0 Å². The number of carbonyl (C=O) groups excluding carboxylic acids is 2. The summed E-state index contributed by atoms with van der Waals surface area (Å²) >= 11 is 0. The van der Waals surface area contributed by atoms with Crippen molar-refractivity contribution in [1.29, 1.82) is 0 Å². The van der Waals surface area contributed by atoms with E-state index < -0.39 is 23.0 Å². The summed E-state index contributed by atoms with van der Waals surface area (Å²) in [6.45, 7) is 9.29. The zero-order valence-corrected chi connectivity index (χ0v) is 11.5. The van der Waals surface area contributed by atoms with E-state index in [1.54, 1.807) is 19.9 Å². The molecule has 0 heterocycles. The Kier molecular flexibility index (Phi) is 6.05. The lowest BCUT2D eigenvalue weighted by Gasteiger charge is -2.41. The molecule has 0 atom stereocenters. The molecule has 0 radical (unpaired) electrons. The Morgan fingerprint density at radius 2 is 1.56 bits per heavy atom. The van der Waals surface area contributed by atoms with Crippen molar-refractivity contribution in [3.63, 3.8) is 0 Å². The molecular formula is C13H22O5. The number of carbonyl (C=O) groups is 2. The molecule has 0 saturated carbocycles. The van der Waals surface area contributed by atoms with Crippen LogP contribution in [0.5, 0.6) is 0 Å². The molecule has 0 unspecified atom stereocenters. The van der Waals surface area contributed by atoms with Gasteiger partial charge in [-0.1, -0.05) is 6.08 Å². The van der Waals surface area contributed by atoms with E-state index in [-0.39, 0.29) is 13.2 Å². The average Bonchev–Trinajstić information content (AvgIpc) is 2.20. The fourth-order valence-corrected chi connectivity index (χ4v) is 1.52. The summed E-state index contributed by atoms with van der Waals surface area (Å²) in [7, 11) is 0. The van der Waals surface area contributed by atoms with Gasteiger partial charge in [0.15, 0.2) is 0 Å². The topological polar surface area (TPSA) is 72.8 Å². The molecule has 0 aliphatic rings. The van der Waals surface area contributed by atoms with Gasteiger partial charge >= 0.3 is 11.9 Å². The lowest BCUT2D eigenvalue weighted by Crippen LogP contribution is -2.50. The van der Waals surface area contributed by atoms with Gasteiger partial charge in [0.2, 0.25) is 0 Å². The SMILES string of the molecule is C=CCC(COC(C)=O)(COC(C)=O)C(C)(C)O. The van der Waals surface area contributed by atoms with Crippen LogP contribution in [0.1, 0.15) is 34.1 Å². The largest absolute Gasteiger partial charge is 0.465 e. The fraction of sp³-hybridized carbons (Fsp3) is 0.692. The van der Waals surface area contributed by atoms with Gasteiger partial charge in [0, 0.05) is 13.8 Å². The average molecular weight is 258 g/mol. The summed E-state index contributed by atoms with van der Waals surface area (Å²) in [6.07, 6.45) is 1.96. The Morgan fingerprint density at radius 3 is 1.78 bits per heavy atom. The van der Waals surface area contributed by atoms with Crippen LogP contribution in [-0.4, -0.2) is 35.9 Å². The smallest absolute Gasteiger partial charge is 0.302 e. The predicted octanol–water partition coefficient (Wildman–Crippen LogP) is 1.45. The van der Waals surface area contributed by atoms with Crippen LogP contribution in [0.4, 0.5) is 0 Å². The maximum Gasteiger partial charge on any atom is 0.302 e. The molecule has 0 aromatic rings. The molecule has 0 bridgehead atoms. The van der Waals surface area contributed by atoms with E-state index in [2.05, 4.69) is 6.58 Å². The standard InChI is InChI=1S/C13H22O5/c1-6-7-13(12(4,5)16,8-17-10(2)14)9-18-11(3)15/h6,16H,1,7-9H2,2-5H3. The maximum atomic E-state index is 10.9. The number of hydrogen-bond acceptors (Lipinski definition) is 5. The van der Waals surface area contributed by atoms with Gasteiger partial charge in [-0.2, -0.15) is 0 Å². The fourth-order valence-electron chi connectivity index (χ4n) is 1.52. The van der Waals surface area contributed by atoms with Crippen molar-refractivity contribution >= 4 is 11.9 Å². The molecule has 1 N–H and O–H groups in total. The Balaban J connectivity index is 5.07. The summed E-state index contributed by atoms with van der Waals surface area (Å²) in [6, 6.07) is 0. The third kappa shape index (κ3) is 4.87. The summed E-state index contributed by atoms with van der Waals surface area (Å²) in [5.74, 6) is -0.897. The summed E-state index contributed by atoms with van der Waals surface area (Å²) < 4.78 is 9.96. The third-order valence-electron chi connectivity index (χ3n) is 2.94. The lowest BCUT2D eigenvalue weighted by molar-refractivity contribution is -0.168. The maximum absolute atomic E-state index is 10.9. The minimum absolute atomic E-state index is 0.0366. The highest BCUT2D eigenvalue weighted by Crippen LogP contribution is 2.36. The van der Waals surface area contributed by atoms with Crippen LogP contribution in [0.15, 0.2) is 12.7 Å². The highest BCUT2D eigenvalue weighted by molar-refractivity contribution is 5.66. The second-order valence-electron chi connectivity index (χ2n) is 4.89. The molecule has 0 saturated heterocycles. The van der Waals surface area contributed by atoms with Crippen molar-refractivity contribution in [2.24, 2.45) is 5.41 Å². The number of allylic oxidation sites excluding steroid dienone is 1. The van der Waals surface area contributed by atoms with Crippen LogP contribution in [0, 0.1) is 5.41 Å². The second-order valence-corrected chi connectivity index (χ2v) is 4.89. The first-order valence-corrected chi connectivity index (χ1v) is 5.74. The van der Waals surface area contributed by atoms with E-state index in [9.17, 15) is 14.7 Å². The number of esters is 2. The first-order valence-electron chi connectivity index (χ1n) is 5.74. The van der Waals surface area contributed by atoms with Crippen molar-refractivity contribution < 1.29 is 24.2 Å². The Morgan fingerprint density at radius 1 is 1.17 bits per heavy atom. The molecular weight excluding hydrogens is 236 g/mol. The first kappa shape index (κ1) is 16.6. The van der Waals surface area contributed by atoms with Crippen LogP contribution < -0.4 is 0 Å². The normalized spacial score (nSPS) is 11.8. The lowest BCUT2D eigenvalue weighted by atomic mass is 9.72. The van der Waals surface area contributed by atoms with Crippen LogP contribution in [0.25, 0.3) is 0 Å². The van der Waals surface area contributed by atoms with Gasteiger partial charge in [0.05, 0.1) is 11.0 Å². The van der Waals surface area contributed by atoms with Gasteiger partial charge in [-0.15, -0.1) is 6.58 Å². The number of aliphatic hydroxyl groups is 1. The Labute approximate surface area is 108 Å². The minimum Gasteiger partial charge on any atom is -0.465 e. The van der Waals surface area contributed by atoms with Gasteiger partial charge in [-0.25, -0.2) is 0 Å². The van der Waals surface area contributed by atoms with Crippen molar-refractivity contribution in [2.75, 3.05) is 13.2 Å². The van der Waals surface area contributed by atoms with Gasteiger partial charge in [-0.3, -0.25) is 9.59 Å². The first-order chi connectivity index (χ1) is 8.14. The van der Waals surface area contributed by atoms with E-state index in [1.165, 1.54) is 13.8 Å². The number of ether oxygens (including phenoxy) is 2. The van der Waals surface area contributed by atoms with E-state index in [4.69, 9.17) is 9.47 Å². The summed E-state index contributed by atoms with van der Waals surface area (Å²) in [5, 5.41) is 10.3. The van der Waals surface area contributed by atoms with Crippen molar-refractivity contribution in [3.8, 4) is 0 Å². The molecule has 0 aromatic carbocycles. The molecule has 18 heavy (non-hydrogen) atoms. The molecule has 5 nitrogen and oxygen atoms in total. The minimum atomic E-state index is -1.19. The van der Waals surface area contributed by atoms with Crippen LogP contribution >= 0.6 is 0 Å². The van der Waals surface area contributed by atoms with E-state index in [0.29, 0.717) is 6.42 Å². The summed E-state index contributed by atoms with van der Waals surface area (Å²) in [4.78, 5) is 21.8. The van der Waals surface area contributed by atoms with Crippen molar-refractivity contribution in [1.82, 2.24) is 0 Å². The monoisotopic (exact) mass is 258 g/mol. The van der Waals surface area contributed by atoms with E-state index >= 15 is 0 Å². The number of rotatable bonds is 7. The van der Waals surface area contributed by atoms with Gasteiger partial charge in [-0.05, 0) is 20.3 Å². The molecule has 0 aromatic heterocycles.